The fraction of sp³-hybridized carbons (Fsp3) is 0.857. The quantitative estimate of drug-likeness (QED) is 0.582. The number of ether oxygens (including phenoxy) is 1. The van der Waals surface area contributed by atoms with E-state index in [4.69, 9.17) is 10.6 Å². The van der Waals surface area contributed by atoms with Crippen molar-refractivity contribution in [3.63, 3.8) is 0 Å². The van der Waals surface area contributed by atoms with Crippen LogP contribution >= 0.6 is 0 Å². The van der Waals surface area contributed by atoms with E-state index in [1.54, 1.807) is 0 Å². The van der Waals surface area contributed by atoms with Crippen LogP contribution in [0.1, 0.15) is 44.9 Å². The molecule has 3 N–H and O–H groups in total. The average Bonchev–Trinajstić information content (AvgIpc) is 2.99. The Bertz CT molecular complexity index is 303. The fourth-order valence-electron chi connectivity index (χ4n) is 4.05. The first-order valence-electron chi connectivity index (χ1n) is 7.16. The van der Waals surface area contributed by atoms with Crippen molar-refractivity contribution < 1.29 is 4.74 Å². The molecular weight excluding hydrogens is 212 g/mol. The van der Waals surface area contributed by atoms with Gasteiger partial charge in [0.2, 0.25) is 0 Å². The van der Waals surface area contributed by atoms with Gasteiger partial charge in [0, 0.05) is 0 Å². The van der Waals surface area contributed by atoms with Crippen molar-refractivity contribution >= 4 is 0 Å². The molecule has 3 heteroatoms. The highest BCUT2D eigenvalue weighted by atomic mass is 16.5. The molecule has 3 rings (SSSR count). The van der Waals surface area contributed by atoms with Crippen molar-refractivity contribution in [3.8, 4) is 0 Å². The Balaban J connectivity index is 1.60. The van der Waals surface area contributed by atoms with Gasteiger partial charge in [-0.25, -0.2) is 5.43 Å². The fourth-order valence-corrected chi connectivity index (χ4v) is 4.05. The minimum absolute atomic E-state index is 0.250. The standard InChI is InChI=1S/C14H24N2O/c15-16-13(14-3-1-2-6-17-14)9-12-8-10-4-5-11(12)7-10/h3,10-13,16H,1-2,4-9,15H2. The maximum atomic E-state index is 5.74. The Kier molecular flexibility index (Phi) is 3.39. The lowest BCUT2D eigenvalue weighted by atomic mass is 9.84. The number of nitrogens with two attached hydrogens (primary N) is 1. The summed E-state index contributed by atoms with van der Waals surface area (Å²) in [5.74, 6) is 9.67. The zero-order valence-electron chi connectivity index (χ0n) is 10.5. The molecule has 0 aromatic heterocycles. The van der Waals surface area contributed by atoms with E-state index in [1.165, 1.54) is 32.1 Å². The van der Waals surface area contributed by atoms with Crippen LogP contribution in [0.2, 0.25) is 0 Å². The van der Waals surface area contributed by atoms with Crippen molar-refractivity contribution in [3.05, 3.63) is 11.8 Å². The summed E-state index contributed by atoms with van der Waals surface area (Å²) in [4.78, 5) is 0. The summed E-state index contributed by atoms with van der Waals surface area (Å²) in [6.07, 6.45) is 11.5. The zero-order valence-corrected chi connectivity index (χ0v) is 10.5. The second-order valence-electron chi connectivity index (χ2n) is 5.99. The predicted octanol–water partition coefficient (Wildman–Crippen LogP) is 2.34. The van der Waals surface area contributed by atoms with E-state index in [0.717, 1.165) is 43.0 Å². The molecule has 17 heavy (non-hydrogen) atoms. The summed E-state index contributed by atoms with van der Waals surface area (Å²) < 4.78 is 5.74. The van der Waals surface area contributed by atoms with Crippen LogP contribution in [0, 0.1) is 17.8 Å². The highest BCUT2D eigenvalue weighted by Gasteiger charge is 2.40. The van der Waals surface area contributed by atoms with Gasteiger partial charge in [-0.15, -0.1) is 0 Å². The summed E-state index contributed by atoms with van der Waals surface area (Å²) in [7, 11) is 0. The highest BCUT2D eigenvalue weighted by molar-refractivity contribution is 5.06. The Morgan fingerprint density at radius 1 is 1.41 bits per heavy atom. The first kappa shape index (κ1) is 11.5. The maximum absolute atomic E-state index is 5.74. The third kappa shape index (κ3) is 2.36. The van der Waals surface area contributed by atoms with E-state index in [0.29, 0.717) is 0 Å². The minimum Gasteiger partial charge on any atom is -0.497 e. The van der Waals surface area contributed by atoms with Gasteiger partial charge in [0.1, 0.15) is 5.76 Å². The largest absolute Gasteiger partial charge is 0.497 e. The summed E-state index contributed by atoms with van der Waals surface area (Å²) >= 11 is 0. The molecule has 1 aliphatic heterocycles. The smallest absolute Gasteiger partial charge is 0.110 e. The molecule has 0 aromatic carbocycles. The van der Waals surface area contributed by atoms with Crippen LogP contribution in [0.5, 0.6) is 0 Å². The van der Waals surface area contributed by atoms with Gasteiger partial charge in [0.25, 0.3) is 0 Å². The van der Waals surface area contributed by atoms with Gasteiger partial charge in [0.15, 0.2) is 0 Å². The van der Waals surface area contributed by atoms with Crippen molar-refractivity contribution in [2.24, 2.45) is 23.6 Å². The van der Waals surface area contributed by atoms with E-state index in [-0.39, 0.29) is 6.04 Å². The molecule has 0 radical (unpaired) electrons. The number of nitrogens with one attached hydrogen (secondary N) is 1. The molecular formula is C14H24N2O. The molecule has 0 saturated heterocycles. The molecule has 4 unspecified atom stereocenters. The second-order valence-corrected chi connectivity index (χ2v) is 5.99. The molecule has 3 aliphatic rings. The Labute approximate surface area is 104 Å². The van der Waals surface area contributed by atoms with Gasteiger partial charge >= 0.3 is 0 Å². The lowest BCUT2D eigenvalue weighted by molar-refractivity contribution is 0.153. The van der Waals surface area contributed by atoms with Crippen molar-refractivity contribution in [1.82, 2.24) is 5.43 Å². The summed E-state index contributed by atoms with van der Waals surface area (Å²) in [5, 5.41) is 0. The van der Waals surface area contributed by atoms with E-state index >= 15 is 0 Å². The van der Waals surface area contributed by atoms with Gasteiger partial charge in [-0.1, -0.05) is 6.42 Å². The number of fused-ring (bicyclic) bond motifs is 2. The monoisotopic (exact) mass is 236 g/mol. The molecule has 2 saturated carbocycles. The molecule has 0 amide bonds. The summed E-state index contributed by atoms with van der Waals surface area (Å²) in [6.45, 7) is 0.862. The van der Waals surface area contributed by atoms with Crippen LogP contribution in [0.3, 0.4) is 0 Å². The van der Waals surface area contributed by atoms with E-state index in [9.17, 15) is 0 Å². The zero-order chi connectivity index (χ0) is 11.7. The molecule has 0 spiro atoms. The topological polar surface area (TPSA) is 47.3 Å². The normalized spacial score (nSPS) is 37.7. The lowest BCUT2D eigenvalue weighted by Crippen LogP contribution is -2.40. The number of hydrogen-bond donors (Lipinski definition) is 2. The van der Waals surface area contributed by atoms with Gasteiger partial charge in [-0.05, 0) is 62.4 Å². The van der Waals surface area contributed by atoms with Crippen LogP contribution < -0.4 is 11.3 Å². The van der Waals surface area contributed by atoms with Crippen molar-refractivity contribution in [1.29, 1.82) is 0 Å². The minimum atomic E-state index is 0.250. The predicted molar refractivity (Wildman–Crippen MR) is 67.9 cm³/mol. The van der Waals surface area contributed by atoms with E-state index in [1.807, 2.05) is 0 Å². The summed E-state index contributed by atoms with van der Waals surface area (Å²) in [6, 6.07) is 0.250. The molecule has 2 fully saturated rings. The molecule has 96 valence electrons. The first-order chi connectivity index (χ1) is 8.36. The molecule has 2 bridgehead atoms. The SMILES string of the molecule is NNC(CC1CC2CCC1C2)C1=CCCCO1. The molecule has 0 aromatic rings. The van der Waals surface area contributed by atoms with Crippen LogP contribution in [0.25, 0.3) is 0 Å². The van der Waals surface area contributed by atoms with Gasteiger partial charge < -0.3 is 4.74 Å². The number of hydrogen-bond acceptors (Lipinski definition) is 3. The Hall–Kier alpha value is -0.540. The first-order valence-corrected chi connectivity index (χ1v) is 7.16. The molecule has 4 atom stereocenters. The summed E-state index contributed by atoms with van der Waals surface area (Å²) in [5.41, 5.74) is 2.96. The maximum Gasteiger partial charge on any atom is 0.110 e. The van der Waals surface area contributed by atoms with Gasteiger partial charge in [-0.2, -0.15) is 0 Å². The van der Waals surface area contributed by atoms with Crippen LogP contribution in [-0.4, -0.2) is 12.6 Å². The highest BCUT2D eigenvalue weighted by Crippen LogP contribution is 2.50. The van der Waals surface area contributed by atoms with Crippen LogP contribution in [0.15, 0.2) is 11.8 Å². The molecule has 3 nitrogen and oxygen atoms in total. The molecule has 1 heterocycles. The van der Waals surface area contributed by atoms with E-state index in [2.05, 4.69) is 11.5 Å². The third-order valence-electron chi connectivity index (χ3n) is 4.93. The van der Waals surface area contributed by atoms with E-state index < -0.39 is 0 Å². The number of hydrazine groups is 1. The van der Waals surface area contributed by atoms with Crippen LogP contribution in [-0.2, 0) is 4.74 Å². The van der Waals surface area contributed by atoms with Crippen LogP contribution in [0.4, 0.5) is 0 Å². The Morgan fingerprint density at radius 2 is 2.35 bits per heavy atom. The van der Waals surface area contributed by atoms with Crippen molar-refractivity contribution in [2.45, 2.75) is 51.0 Å². The molecule has 2 aliphatic carbocycles. The Morgan fingerprint density at radius 3 is 2.94 bits per heavy atom. The lowest BCUT2D eigenvalue weighted by Gasteiger charge is -2.29. The average molecular weight is 236 g/mol. The van der Waals surface area contributed by atoms with Crippen molar-refractivity contribution in [2.75, 3.05) is 6.61 Å². The third-order valence-corrected chi connectivity index (χ3v) is 4.93. The number of rotatable bonds is 4. The number of allylic oxidation sites excluding steroid dienone is 1. The second kappa shape index (κ2) is 4.99. The van der Waals surface area contributed by atoms with Gasteiger partial charge in [0.05, 0.1) is 12.6 Å². The van der Waals surface area contributed by atoms with Gasteiger partial charge in [-0.3, -0.25) is 5.84 Å².